The van der Waals surface area contributed by atoms with E-state index in [0.717, 1.165) is 6.42 Å². The molecule has 0 radical (unpaired) electrons. The minimum Gasteiger partial charge on any atom is -0.133 e. The van der Waals surface area contributed by atoms with Crippen molar-refractivity contribution in [3.8, 4) is 11.1 Å². The second kappa shape index (κ2) is 5.34. The van der Waals surface area contributed by atoms with Gasteiger partial charge in [0.15, 0.2) is 0 Å². The van der Waals surface area contributed by atoms with E-state index in [-0.39, 0.29) is 0 Å². The summed E-state index contributed by atoms with van der Waals surface area (Å²) in [5.74, 6) is 0. The Hall–Kier alpha value is -2.04. The Labute approximate surface area is 103 Å². The number of benzene rings is 2. The van der Waals surface area contributed by atoms with Gasteiger partial charge in [-0.15, -0.1) is 5.73 Å². The van der Waals surface area contributed by atoms with Crippen LogP contribution < -0.4 is 0 Å². The van der Waals surface area contributed by atoms with Crippen molar-refractivity contribution in [3.05, 3.63) is 78.0 Å². The highest BCUT2D eigenvalue weighted by molar-refractivity contribution is 5.64. The lowest BCUT2D eigenvalue weighted by atomic mass is 10.0. The van der Waals surface area contributed by atoms with E-state index in [1.165, 1.54) is 22.3 Å². The van der Waals surface area contributed by atoms with Crippen molar-refractivity contribution < 1.29 is 0 Å². The fourth-order valence-electron chi connectivity index (χ4n) is 1.81. The first-order chi connectivity index (χ1) is 8.29. The zero-order valence-corrected chi connectivity index (χ0v) is 10.1. The van der Waals surface area contributed by atoms with Crippen LogP contribution in [-0.4, -0.2) is 0 Å². The van der Waals surface area contributed by atoms with E-state index in [0.29, 0.717) is 0 Å². The van der Waals surface area contributed by atoms with Gasteiger partial charge in [0.05, 0.1) is 0 Å². The van der Waals surface area contributed by atoms with E-state index in [9.17, 15) is 0 Å². The first kappa shape index (κ1) is 11.4. The summed E-state index contributed by atoms with van der Waals surface area (Å²) in [4.78, 5) is 0. The minimum atomic E-state index is 0.892. The van der Waals surface area contributed by atoms with Crippen molar-refractivity contribution in [2.75, 3.05) is 0 Å². The van der Waals surface area contributed by atoms with Crippen LogP contribution in [0.4, 0.5) is 0 Å². The third-order valence-corrected chi connectivity index (χ3v) is 2.79. The predicted molar refractivity (Wildman–Crippen MR) is 74.0 cm³/mol. The summed E-state index contributed by atoms with van der Waals surface area (Å²) < 4.78 is 0. The van der Waals surface area contributed by atoms with Gasteiger partial charge in [0, 0.05) is 0 Å². The first-order valence-corrected chi connectivity index (χ1v) is 5.80. The molecule has 0 amide bonds. The Kier molecular flexibility index (Phi) is 3.59. The molecular weight excluding hydrogens is 204 g/mol. The average Bonchev–Trinajstić information content (AvgIpc) is 2.37. The second-order valence-electron chi connectivity index (χ2n) is 4.18. The molecule has 0 N–H and O–H groups in total. The van der Waals surface area contributed by atoms with Crippen LogP contribution in [0.3, 0.4) is 0 Å². The maximum atomic E-state index is 3.59. The Bertz CT molecular complexity index is 541. The van der Waals surface area contributed by atoms with Crippen LogP contribution in [0.2, 0.25) is 0 Å². The van der Waals surface area contributed by atoms with Crippen molar-refractivity contribution in [2.24, 2.45) is 0 Å². The molecular formula is C17H16. The van der Waals surface area contributed by atoms with Crippen molar-refractivity contribution in [1.82, 2.24) is 0 Å². The highest BCUT2D eigenvalue weighted by Crippen LogP contribution is 2.21. The van der Waals surface area contributed by atoms with Crippen LogP contribution in [0.25, 0.3) is 11.1 Å². The van der Waals surface area contributed by atoms with Crippen molar-refractivity contribution in [2.45, 2.75) is 13.3 Å². The molecule has 2 aromatic carbocycles. The van der Waals surface area contributed by atoms with Gasteiger partial charge in [-0.05, 0) is 36.1 Å². The van der Waals surface area contributed by atoms with E-state index >= 15 is 0 Å². The van der Waals surface area contributed by atoms with Crippen molar-refractivity contribution >= 4 is 0 Å². The quantitative estimate of drug-likeness (QED) is 0.666. The summed E-state index contributed by atoms with van der Waals surface area (Å²) in [6, 6.07) is 17.2. The molecule has 0 heterocycles. The van der Waals surface area contributed by atoms with Crippen LogP contribution in [0, 0.1) is 6.92 Å². The maximum Gasteiger partial charge on any atom is -0.00213 e. The fourth-order valence-corrected chi connectivity index (χ4v) is 1.81. The molecule has 0 saturated carbocycles. The molecule has 84 valence electrons. The van der Waals surface area contributed by atoms with E-state index in [1.807, 2.05) is 6.08 Å². The molecule has 0 spiro atoms. The monoisotopic (exact) mass is 220 g/mol. The van der Waals surface area contributed by atoms with Crippen LogP contribution in [0.1, 0.15) is 11.1 Å². The lowest BCUT2D eigenvalue weighted by molar-refractivity contribution is 1.28. The molecule has 0 atom stereocenters. The molecule has 2 rings (SSSR count). The Morgan fingerprint density at radius 1 is 1.06 bits per heavy atom. The lowest BCUT2D eigenvalue weighted by Gasteiger charge is -2.04. The normalized spacial score (nSPS) is 9.71. The third kappa shape index (κ3) is 2.96. The molecule has 0 heteroatoms. The standard InChI is InChI=1S/C17H16/c1-3-4-6-15-7-5-8-17(13-15)16-11-9-14(2)10-12-16/h4-5,7-13H,1,6H2,2H3. The molecule has 0 aliphatic carbocycles. The first-order valence-electron chi connectivity index (χ1n) is 5.80. The molecule has 0 nitrogen and oxygen atoms in total. The molecule has 0 aliphatic rings. The lowest BCUT2D eigenvalue weighted by Crippen LogP contribution is -1.83. The van der Waals surface area contributed by atoms with Gasteiger partial charge in [0.1, 0.15) is 0 Å². The molecule has 0 aliphatic heterocycles. The van der Waals surface area contributed by atoms with Crippen LogP contribution >= 0.6 is 0 Å². The third-order valence-electron chi connectivity index (χ3n) is 2.79. The highest BCUT2D eigenvalue weighted by Gasteiger charge is 1.98. The topological polar surface area (TPSA) is 0 Å². The largest absolute Gasteiger partial charge is 0.133 e. The van der Waals surface area contributed by atoms with E-state index in [4.69, 9.17) is 0 Å². The Morgan fingerprint density at radius 2 is 1.82 bits per heavy atom. The molecule has 0 fully saturated rings. The van der Waals surface area contributed by atoms with Crippen molar-refractivity contribution in [1.29, 1.82) is 0 Å². The summed E-state index contributed by atoms with van der Waals surface area (Å²) >= 11 is 0. The number of hydrogen-bond donors (Lipinski definition) is 0. The number of allylic oxidation sites excluding steroid dienone is 1. The van der Waals surface area contributed by atoms with Crippen molar-refractivity contribution in [3.63, 3.8) is 0 Å². The zero-order valence-electron chi connectivity index (χ0n) is 10.1. The smallest absolute Gasteiger partial charge is 0.00213 e. The molecule has 0 saturated heterocycles. The molecule has 2 aromatic rings. The summed E-state index contributed by atoms with van der Waals surface area (Å²) in [7, 11) is 0. The summed E-state index contributed by atoms with van der Waals surface area (Å²) in [6.45, 7) is 5.69. The minimum absolute atomic E-state index is 0.892. The van der Waals surface area contributed by atoms with Gasteiger partial charge in [-0.1, -0.05) is 60.7 Å². The average molecular weight is 220 g/mol. The summed E-state index contributed by atoms with van der Waals surface area (Å²) in [6.07, 6.45) is 2.84. The molecule has 17 heavy (non-hydrogen) atoms. The van der Waals surface area contributed by atoms with Gasteiger partial charge < -0.3 is 0 Å². The van der Waals surface area contributed by atoms with Gasteiger partial charge in [-0.25, -0.2) is 0 Å². The number of aryl methyl sites for hydroxylation is 1. The summed E-state index contributed by atoms with van der Waals surface area (Å²) in [5.41, 5.74) is 7.92. The fraction of sp³-hybridized carbons (Fsp3) is 0.118. The van der Waals surface area contributed by atoms with Crippen LogP contribution in [-0.2, 0) is 6.42 Å². The Balaban J connectivity index is 2.32. The van der Waals surface area contributed by atoms with Gasteiger partial charge in [0.25, 0.3) is 0 Å². The zero-order chi connectivity index (χ0) is 12.1. The molecule has 0 bridgehead atoms. The van der Waals surface area contributed by atoms with Gasteiger partial charge in [-0.3, -0.25) is 0 Å². The maximum absolute atomic E-state index is 3.59. The number of rotatable bonds is 3. The van der Waals surface area contributed by atoms with E-state index in [2.05, 4.69) is 67.8 Å². The van der Waals surface area contributed by atoms with Gasteiger partial charge in [-0.2, -0.15) is 0 Å². The van der Waals surface area contributed by atoms with Gasteiger partial charge >= 0.3 is 0 Å². The number of hydrogen-bond acceptors (Lipinski definition) is 0. The molecule has 0 unspecified atom stereocenters. The highest BCUT2D eigenvalue weighted by atomic mass is 14.0. The second-order valence-corrected chi connectivity index (χ2v) is 4.18. The van der Waals surface area contributed by atoms with E-state index in [1.54, 1.807) is 0 Å². The van der Waals surface area contributed by atoms with Crippen LogP contribution in [0.5, 0.6) is 0 Å². The van der Waals surface area contributed by atoms with Gasteiger partial charge in [0.2, 0.25) is 0 Å². The van der Waals surface area contributed by atoms with Crippen LogP contribution in [0.15, 0.2) is 66.9 Å². The van der Waals surface area contributed by atoms with E-state index < -0.39 is 0 Å². The molecule has 0 aromatic heterocycles. The predicted octanol–water partition coefficient (Wildman–Crippen LogP) is 4.55. The summed E-state index contributed by atoms with van der Waals surface area (Å²) in [5, 5.41) is 0. The SMILES string of the molecule is C=C=CCc1cccc(-c2ccc(C)cc2)c1. The Morgan fingerprint density at radius 3 is 2.53 bits per heavy atom.